The van der Waals surface area contributed by atoms with E-state index in [0.29, 0.717) is 17.1 Å². The van der Waals surface area contributed by atoms with Gasteiger partial charge in [-0.15, -0.1) is 0 Å². The SMILES string of the molecule is Cc1ccc(C)c(C(=O)CN2C(=O)NC(C)(Cc3ccc4c(c3)OCO4)C2=O)c1. The van der Waals surface area contributed by atoms with Crippen molar-refractivity contribution >= 4 is 17.7 Å². The lowest BCUT2D eigenvalue weighted by molar-refractivity contribution is -0.130. The number of ether oxygens (including phenoxy) is 2. The number of amides is 3. The standard InChI is InChI=1S/C22H22N2O5/c1-13-4-5-14(2)16(8-13)17(25)11-24-20(26)22(3,23-21(24)27)10-15-6-7-18-19(9-15)29-12-28-18/h4-9H,10-12H2,1-3H3,(H,23,27). The van der Waals surface area contributed by atoms with Gasteiger partial charge in [0.25, 0.3) is 5.91 Å². The van der Waals surface area contributed by atoms with E-state index in [-0.39, 0.29) is 25.5 Å². The summed E-state index contributed by atoms with van der Waals surface area (Å²) in [5.41, 5.74) is 1.98. The van der Waals surface area contributed by atoms with Crippen LogP contribution in [0.15, 0.2) is 36.4 Å². The van der Waals surface area contributed by atoms with Crippen LogP contribution in [0, 0.1) is 13.8 Å². The monoisotopic (exact) mass is 394 g/mol. The Kier molecular flexibility index (Phi) is 4.53. The van der Waals surface area contributed by atoms with Crippen molar-refractivity contribution in [2.45, 2.75) is 32.7 Å². The molecule has 2 aliphatic heterocycles. The normalized spacial score (nSPS) is 20.2. The summed E-state index contributed by atoms with van der Waals surface area (Å²) in [5, 5.41) is 2.74. The van der Waals surface area contributed by atoms with Crippen LogP contribution in [0.2, 0.25) is 0 Å². The molecule has 7 nitrogen and oxygen atoms in total. The van der Waals surface area contributed by atoms with Gasteiger partial charge in [0.15, 0.2) is 17.3 Å². The zero-order valence-corrected chi connectivity index (χ0v) is 16.6. The van der Waals surface area contributed by atoms with E-state index >= 15 is 0 Å². The van der Waals surface area contributed by atoms with Gasteiger partial charge in [-0.2, -0.15) is 0 Å². The molecule has 2 aliphatic rings. The van der Waals surface area contributed by atoms with Crippen molar-refractivity contribution in [3.8, 4) is 11.5 Å². The van der Waals surface area contributed by atoms with Crippen molar-refractivity contribution in [2.75, 3.05) is 13.3 Å². The second-order valence-corrected chi connectivity index (χ2v) is 7.76. The molecule has 7 heteroatoms. The number of carbonyl (C=O) groups excluding carboxylic acids is 3. The number of hydrogen-bond donors (Lipinski definition) is 1. The number of hydrogen-bond acceptors (Lipinski definition) is 5. The van der Waals surface area contributed by atoms with Gasteiger partial charge in [0.1, 0.15) is 5.54 Å². The van der Waals surface area contributed by atoms with Crippen LogP contribution >= 0.6 is 0 Å². The molecule has 0 bridgehead atoms. The Hall–Kier alpha value is -3.35. The van der Waals surface area contributed by atoms with E-state index in [4.69, 9.17) is 9.47 Å². The van der Waals surface area contributed by atoms with E-state index < -0.39 is 17.5 Å². The minimum absolute atomic E-state index is 0.167. The molecule has 0 radical (unpaired) electrons. The number of benzene rings is 2. The summed E-state index contributed by atoms with van der Waals surface area (Å²) < 4.78 is 10.7. The number of nitrogens with one attached hydrogen (secondary N) is 1. The predicted molar refractivity (Wildman–Crippen MR) is 105 cm³/mol. The smallest absolute Gasteiger partial charge is 0.325 e. The number of nitrogens with zero attached hydrogens (tertiary/aromatic N) is 1. The zero-order chi connectivity index (χ0) is 20.8. The largest absolute Gasteiger partial charge is 0.454 e. The molecular weight excluding hydrogens is 372 g/mol. The fourth-order valence-electron chi connectivity index (χ4n) is 3.73. The van der Waals surface area contributed by atoms with E-state index in [2.05, 4.69) is 5.32 Å². The zero-order valence-electron chi connectivity index (χ0n) is 16.6. The van der Waals surface area contributed by atoms with Crippen molar-refractivity contribution in [3.05, 3.63) is 58.7 Å². The van der Waals surface area contributed by atoms with Crippen LogP contribution in [0.1, 0.15) is 34.0 Å². The second-order valence-electron chi connectivity index (χ2n) is 7.76. The van der Waals surface area contributed by atoms with Gasteiger partial charge in [-0.25, -0.2) is 4.79 Å². The molecule has 1 atom stereocenters. The summed E-state index contributed by atoms with van der Waals surface area (Å²) in [6, 6.07) is 10.4. The molecular formula is C22H22N2O5. The van der Waals surface area contributed by atoms with Crippen LogP contribution < -0.4 is 14.8 Å². The van der Waals surface area contributed by atoms with E-state index in [1.54, 1.807) is 25.1 Å². The Balaban J connectivity index is 1.52. The molecule has 0 spiro atoms. The Morgan fingerprint density at radius 3 is 2.66 bits per heavy atom. The first-order chi connectivity index (χ1) is 13.8. The molecule has 3 amide bonds. The third-order valence-corrected chi connectivity index (χ3v) is 5.34. The first-order valence-electron chi connectivity index (χ1n) is 9.40. The second kappa shape index (κ2) is 6.92. The average molecular weight is 394 g/mol. The lowest BCUT2D eigenvalue weighted by atomic mass is 9.92. The molecule has 0 aliphatic carbocycles. The summed E-state index contributed by atoms with van der Waals surface area (Å²) >= 11 is 0. The Morgan fingerprint density at radius 2 is 1.86 bits per heavy atom. The third kappa shape index (κ3) is 3.44. The Bertz CT molecular complexity index is 1030. The summed E-state index contributed by atoms with van der Waals surface area (Å²) in [6.45, 7) is 5.28. The van der Waals surface area contributed by atoms with Crippen LogP contribution in [0.4, 0.5) is 4.79 Å². The Labute approximate surface area is 168 Å². The maximum absolute atomic E-state index is 13.0. The van der Waals surface area contributed by atoms with Gasteiger partial charge >= 0.3 is 6.03 Å². The van der Waals surface area contributed by atoms with Crippen LogP contribution in [0.25, 0.3) is 0 Å². The number of carbonyl (C=O) groups is 3. The van der Waals surface area contributed by atoms with Crippen LogP contribution in [-0.4, -0.2) is 41.5 Å². The number of ketones is 1. The third-order valence-electron chi connectivity index (χ3n) is 5.34. The summed E-state index contributed by atoms with van der Waals surface area (Å²) in [5.74, 6) is 0.590. The van der Waals surface area contributed by atoms with Gasteiger partial charge in [0.2, 0.25) is 6.79 Å². The maximum Gasteiger partial charge on any atom is 0.325 e. The van der Waals surface area contributed by atoms with Crippen LogP contribution in [0.5, 0.6) is 11.5 Å². The van der Waals surface area contributed by atoms with Crippen molar-refractivity contribution < 1.29 is 23.9 Å². The first kappa shape index (κ1) is 19.0. The quantitative estimate of drug-likeness (QED) is 0.623. The molecule has 150 valence electrons. The van der Waals surface area contributed by atoms with Gasteiger partial charge < -0.3 is 14.8 Å². The molecule has 2 heterocycles. The van der Waals surface area contributed by atoms with E-state index in [1.807, 2.05) is 32.0 Å². The Morgan fingerprint density at radius 1 is 1.10 bits per heavy atom. The number of imide groups is 1. The average Bonchev–Trinajstić information content (AvgIpc) is 3.21. The van der Waals surface area contributed by atoms with Crippen molar-refractivity contribution in [2.24, 2.45) is 0 Å². The van der Waals surface area contributed by atoms with Crippen LogP contribution in [-0.2, 0) is 11.2 Å². The maximum atomic E-state index is 13.0. The molecule has 0 aromatic heterocycles. The minimum Gasteiger partial charge on any atom is -0.454 e. The summed E-state index contributed by atoms with van der Waals surface area (Å²) in [7, 11) is 0. The van der Waals surface area contributed by atoms with E-state index in [1.165, 1.54) is 0 Å². The molecule has 1 N–H and O–H groups in total. The minimum atomic E-state index is -1.13. The molecule has 0 saturated carbocycles. The highest BCUT2D eigenvalue weighted by molar-refractivity contribution is 6.11. The first-order valence-corrected chi connectivity index (χ1v) is 9.40. The molecule has 29 heavy (non-hydrogen) atoms. The molecule has 2 aromatic carbocycles. The molecule has 1 saturated heterocycles. The number of rotatable bonds is 5. The van der Waals surface area contributed by atoms with Gasteiger partial charge in [-0.05, 0) is 50.1 Å². The fraction of sp³-hybridized carbons (Fsp3) is 0.318. The van der Waals surface area contributed by atoms with Crippen LogP contribution in [0.3, 0.4) is 0 Å². The summed E-state index contributed by atoms with van der Waals surface area (Å²) in [4.78, 5) is 39.3. The lowest BCUT2D eigenvalue weighted by Gasteiger charge is -2.22. The van der Waals surface area contributed by atoms with Gasteiger partial charge in [-0.1, -0.05) is 23.8 Å². The van der Waals surface area contributed by atoms with E-state index in [9.17, 15) is 14.4 Å². The predicted octanol–water partition coefficient (Wildman–Crippen LogP) is 2.77. The van der Waals surface area contributed by atoms with Gasteiger partial charge in [0, 0.05) is 12.0 Å². The van der Waals surface area contributed by atoms with Gasteiger partial charge in [0.05, 0.1) is 6.54 Å². The van der Waals surface area contributed by atoms with Crippen molar-refractivity contribution in [3.63, 3.8) is 0 Å². The lowest BCUT2D eigenvalue weighted by Crippen LogP contribution is -2.46. The van der Waals surface area contributed by atoms with Crippen molar-refractivity contribution in [1.82, 2.24) is 10.2 Å². The highest BCUT2D eigenvalue weighted by Gasteiger charge is 2.48. The highest BCUT2D eigenvalue weighted by atomic mass is 16.7. The topological polar surface area (TPSA) is 84.9 Å². The number of fused-ring (bicyclic) bond motifs is 1. The van der Waals surface area contributed by atoms with E-state index in [0.717, 1.165) is 21.6 Å². The highest BCUT2D eigenvalue weighted by Crippen LogP contribution is 2.34. The van der Waals surface area contributed by atoms with Crippen molar-refractivity contribution in [1.29, 1.82) is 0 Å². The number of Topliss-reactive ketones (excluding diaryl/α,β-unsaturated/α-hetero) is 1. The summed E-state index contributed by atoms with van der Waals surface area (Å²) in [6.07, 6.45) is 0.280. The molecule has 2 aromatic rings. The number of aryl methyl sites for hydroxylation is 2. The molecule has 1 fully saturated rings. The fourth-order valence-corrected chi connectivity index (χ4v) is 3.73. The number of urea groups is 1. The molecule has 4 rings (SSSR count). The molecule has 1 unspecified atom stereocenters. The van der Waals surface area contributed by atoms with Gasteiger partial charge in [-0.3, -0.25) is 14.5 Å².